The molecule has 1 saturated heterocycles. The molecule has 9 heteroatoms. The van der Waals surface area contributed by atoms with Gasteiger partial charge in [-0.3, -0.25) is 4.98 Å². The number of sulfonamides is 1. The molecular formula is C39H41N3O5S. The van der Waals surface area contributed by atoms with Gasteiger partial charge in [-0.15, -0.1) is 0 Å². The lowest BCUT2D eigenvalue weighted by molar-refractivity contribution is -0.252. The third-order valence-electron chi connectivity index (χ3n) is 8.55. The summed E-state index contributed by atoms with van der Waals surface area (Å²) in [6, 6.07) is 38.3. The van der Waals surface area contributed by atoms with Crippen LogP contribution in [0.3, 0.4) is 0 Å². The number of aliphatic hydroxyl groups excluding tert-OH is 1. The number of nitrogens with one attached hydrogen (secondary N) is 1. The Bertz CT molecular complexity index is 1870. The fourth-order valence-electron chi connectivity index (χ4n) is 5.91. The highest BCUT2D eigenvalue weighted by molar-refractivity contribution is 7.89. The zero-order chi connectivity index (χ0) is 33.3. The number of ether oxygens (including phenoxy) is 2. The van der Waals surface area contributed by atoms with E-state index in [9.17, 15) is 13.5 Å². The average molecular weight is 664 g/mol. The Balaban J connectivity index is 1.19. The van der Waals surface area contributed by atoms with Crippen molar-refractivity contribution in [1.82, 2.24) is 14.6 Å². The minimum absolute atomic E-state index is 0.00583. The summed E-state index contributed by atoms with van der Waals surface area (Å²) in [4.78, 5) is 6.98. The second-order valence-corrected chi connectivity index (χ2v) is 13.9. The lowest BCUT2D eigenvalue weighted by Gasteiger charge is -2.38. The summed E-state index contributed by atoms with van der Waals surface area (Å²) in [6.45, 7) is 1.75. The van der Waals surface area contributed by atoms with Crippen LogP contribution in [0.25, 0.3) is 11.1 Å². The van der Waals surface area contributed by atoms with E-state index >= 15 is 0 Å². The van der Waals surface area contributed by atoms with Crippen LogP contribution in [0, 0.1) is 0 Å². The maximum atomic E-state index is 12.8. The molecule has 6 rings (SSSR count). The number of aromatic nitrogens is 1. The molecule has 0 bridgehead atoms. The minimum Gasteiger partial charge on any atom is -0.392 e. The van der Waals surface area contributed by atoms with Crippen LogP contribution in [0.15, 0.2) is 132 Å². The summed E-state index contributed by atoms with van der Waals surface area (Å²) in [5, 5.41) is 9.56. The Morgan fingerprint density at radius 1 is 0.812 bits per heavy atom. The van der Waals surface area contributed by atoms with Crippen molar-refractivity contribution in [2.45, 2.75) is 49.4 Å². The van der Waals surface area contributed by atoms with Crippen LogP contribution in [0.2, 0.25) is 0 Å². The van der Waals surface area contributed by atoms with Crippen molar-refractivity contribution >= 4 is 10.0 Å². The quantitative estimate of drug-likeness (QED) is 0.150. The van der Waals surface area contributed by atoms with Gasteiger partial charge in [0, 0.05) is 49.9 Å². The van der Waals surface area contributed by atoms with Crippen molar-refractivity contribution in [2.75, 3.05) is 20.1 Å². The summed E-state index contributed by atoms with van der Waals surface area (Å²) in [5.41, 5.74) is 6.66. The molecule has 4 aromatic carbocycles. The normalized spacial score (nSPS) is 18.2. The molecule has 8 nitrogen and oxygen atoms in total. The van der Waals surface area contributed by atoms with E-state index in [1.54, 1.807) is 30.3 Å². The van der Waals surface area contributed by atoms with E-state index in [2.05, 4.69) is 27.7 Å². The number of hydrogen-bond acceptors (Lipinski definition) is 7. The van der Waals surface area contributed by atoms with Crippen LogP contribution in [0.1, 0.15) is 46.8 Å². The zero-order valence-corrected chi connectivity index (χ0v) is 27.8. The summed E-state index contributed by atoms with van der Waals surface area (Å²) < 4.78 is 41.5. The van der Waals surface area contributed by atoms with Gasteiger partial charge in [-0.2, -0.15) is 0 Å². The van der Waals surface area contributed by atoms with Crippen molar-refractivity contribution in [3.8, 4) is 11.1 Å². The SMILES string of the molecule is CN(CCc1ccccn1)CC1CC(c2ccc(CO)cc2)OC(c2cccc(-c3cccc(CNS(=O)(=O)c4ccccc4)c3)c2)O1. The molecule has 3 atom stereocenters. The highest BCUT2D eigenvalue weighted by atomic mass is 32.2. The van der Waals surface area contributed by atoms with E-state index in [1.165, 1.54) is 0 Å². The topological polar surface area (TPSA) is 101 Å². The standard InChI is InChI=1S/C39H41N3O5S/c1-42(22-20-35-13-5-6-21-40-35)27-36-25-38(31-18-16-29(28-43)17-19-31)47-39(46-36)34-12-8-11-33(24-34)32-10-7-9-30(23-32)26-41-48(44,45)37-14-3-2-4-15-37/h2-19,21,23-24,36,38-39,41,43H,20,22,25-28H2,1H3. The van der Waals surface area contributed by atoms with E-state index in [0.717, 1.165) is 58.6 Å². The maximum absolute atomic E-state index is 12.8. The van der Waals surface area contributed by atoms with Crippen LogP contribution in [-0.4, -0.2) is 49.6 Å². The smallest absolute Gasteiger partial charge is 0.240 e. The second-order valence-electron chi connectivity index (χ2n) is 12.1. The molecule has 1 fully saturated rings. The van der Waals surface area contributed by atoms with Gasteiger partial charge < -0.3 is 19.5 Å². The molecule has 2 N–H and O–H groups in total. The summed E-state index contributed by atoms with van der Waals surface area (Å²) in [6.07, 6.45) is 2.52. The lowest BCUT2D eigenvalue weighted by Crippen LogP contribution is -2.38. The zero-order valence-electron chi connectivity index (χ0n) is 27.0. The number of nitrogens with zero attached hydrogens (tertiary/aromatic N) is 2. The lowest BCUT2D eigenvalue weighted by atomic mass is 9.98. The van der Waals surface area contributed by atoms with Gasteiger partial charge in [0.05, 0.1) is 23.7 Å². The van der Waals surface area contributed by atoms with Gasteiger partial charge in [-0.05, 0) is 71.3 Å². The molecule has 48 heavy (non-hydrogen) atoms. The van der Waals surface area contributed by atoms with Gasteiger partial charge in [0.2, 0.25) is 10.0 Å². The summed E-state index contributed by atoms with van der Waals surface area (Å²) >= 11 is 0. The highest BCUT2D eigenvalue weighted by Crippen LogP contribution is 2.39. The Morgan fingerprint density at radius 2 is 1.56 bits per heavy atom. The van der Waals surface area contributed by atoms with Gasteiger partial charge >= 0.3 is 0 Å². The van der Waals surface area contributed by atoms with Crippen LogP contribution in [-0.2, 0) is 39.1 Å². The van der Waals surface area contributed by atoms with Crippen LogP contribution in [0.4, 0.5) is 0 Å². The molecule has 0 spiro atoms. The van der Waals surface area contributed by atoms with E-state index in [0.29, 0.717) is 6.42 Å². The van der Waals surface area contributed by atoms with E-state index in [4.69, 9.17) is 9.47 Å². The number of benzene rings is 4. The molecular weight excluding hydrogens is 623 g/mol. The number of hydrogen-bond donors (Lipinski definition) is 2. The molecule has 248 valence electrons. The first kappa shape index (κ1) is 33.7. The Labute approximate surface area is 283 Å². The molecule has 1 aliphatic rings. The third kappa shape index (κ3) is 8.82. The average Bonchev–Trinajstić information content (AvgIpc) is 3.14. The highest BCUT2D eigenvalue weighted by Gasteiger charge is 2.33. The van der Waals surface area contributed by atoms with Crippen LogP contribution >= 0.6 is 0 Å². The van der Waals surface area contributed by atoms with Gasteiger partial charge in [0.1, 0.15) is 0 Å². The van der Waals surface area contributed by atoms with Gasteiger partial charge in [0.15, 0.2) is 6.29 Å². The van der Waals surface area contributed by atoms with Crippen molar-refractivity contribution in [3.05, 3.63) is 155 Å². The molecule has 1 aliphatic heterocycles. The minimum atomic E-state index is -3.62. The first-order valence-electron chi connectivity index (χ1n) is 16.2. The fraction of sp³-hybridized carbons (Fsp3) is 0.256. The molecule has 0 amide bonds. The van der Waals surface area contributed by atoms with Crippen molar-refractivity contribution < 1.29 is 23.0 Å². The van der Waals surface area contributed by atoms with E-state index in [-0.39, 0.29) is 30.3 Å². The van der Waals surface area contributed by atoms with Crippen LogP contribution < -0.4 is 4.72 Å². The largest absolute Gasteiger partial charge is 0.392 e. The fourth-order valence-corrected chi connectivity index (χ4v) is 6.95. The number of likely N-dealkylation sites (N-methyl/N-ethyl adjacent to an activating group) is 1. The van der Waals surface area contributed by atoms with E-state index in [1.807, 2.05) is 91.1 Å². The number of rotatable bonds is 13. The predicted molar refractivity (Wildman–Crippen MR) is 186 cm³/mol. The Morgan fingerprint density at radius 3 is 2.31 bits per heavy atom. The maximum Gasteiger partial charge on any atom is 0.240 e. The molecule has 2 heterocycles. The molecule has 5 aromatic rings. The second kappa shape index (κ2) is 15.8. The van der Waals surface area contributed by atoms with Crippen molar-refractivity contribution in [1.29, 1.82) is 0 Å². The molecule has 0 saturated carbocycles. The number of aliphatic hydroxyl groups is 1. The Kier molecular flexibility index (Phi) is 11.1. The molecule has 3 unspecified atom stereocenters. The molecule has 1 aromatic heterocycles. The van der Waals surface area contributed by atoms with Gasteiger partial charge in [-0.25, -0.2) is 13.1 Å². The molecule has 0 radical (unpaired) electrons. The number of pyridine rings is 1. The van der Waals surface area contributed by atoms with Crippen LogP contribution in [0.5, 0.6) is 0 Å². The third-order valence-corrected chi connectivity index (χ3v) is 9.96. The van der Waals surface area contributed by atoms with Crippen molar-refractivity contribution in [2.24, 2.45) is 0 Å². The molecule has 0 aliphatic carbocycles. The first-order valence-corrected chi connectivity index (χ1v) is 17.7. The first-order chi connectivity index (χ1) is 23.4. The van der Waals surface area contributed by atoms with Crippen molar-refractivity contribution in [3.63, 3.8) is 0 Å². The summed E-state index contributed by atoms with van der Waals surface area (Å²) in [7, 11) is -1.52. The van der Waals surface area contributed by atoms with Gasteiger partial charge in [-0.1, -0.05) is 84.9 Å². The van der Waals surface area contributed by atoms with Gasteiger partial charge in [0.25, 0.3) is 0 Å². The Hall–Kier alpha value is -4.22. The van der Waals surface area contributed by atoms with E-state index < -0.39 is 16.3 Å². The predicted octanol–water partition coefficient (Wildman–Crippen LogP) is 6.44. The monoisotopic (exact) mass is 663 g/mol. The summed E-state index contributed by atoms with van der Waals surface area (Å²) in [5.74, 6) is 0.